The fourth-order valence-electron chi connectivity index (χ4n) is 2.16. The molecule has 0 aliphatic carbocycles. The van der Waals surface area contributed by atoms with Gasteiger partial charge in [-0.1, -0.05) is 30.3 Å². The molecule has 1 N–H and O–H groups in total. The Morgan fingerprint density at radius 3 is 2.55 bits per heavy atom. The third-order valence-electron chi connectivity index (χ3n) is 3.13. The first-order valence-electron chi connectivity index (χ1n) is 6.38. The average Bonchev–Trinajstić information content (AvgIpc) is 2.53. The second kappa shape index (κ2) is 5.67. The van der Waals surface area contributed by atoms with E-state index in [4.69, 9.17) is 4.74 Å². The normalized spacial score (nSPS) is 10.7. The summed E-state index contributed by atoms with van der Waals surface area (Å²) >= 11 is 0. The van der Waals surface area contributed by atoms with Gasteiger partial charge in [-0.05, 0) is 22.9 Å². The smallest absolute Gasteiger partial charge is 0.166 e. The van der Waals surface area contributed by atoms with Gasteiger partial charge < -0.3 is 9.84 Å². The Morgan fingerprint density at radius 2 is 1.75 bits per heavy atom. The van der Waals surface area contributed by atoms with Crippen LogP contribution in [0.15, 0.2) is 54.9 Å². The maximum Gasteiger partial charge on any atom is 0.166 e. The maximum atomic E-state index is 9.60. The first-order chi connectivity index (χ1) is 9.88. The minimum Gasteiger partial charge on any atom is -0.485 e. The van der Waals surface area contributed by atoms with Crippen LogP contribution in [0.3, 0.4) is 0 Å². The van der Waals surface area contributed by atoms with E-state index in [9.17, 15) is 5.11 Å². The van der Waals surface area contributed by atoms with Crippen LogP contribution in [0.2, 0.25) is 0 Å². The van der Waals surface area contributed by atoms with Crippen LogP contribution in [0, 0.1) is 0 Å². The molecule has 100 valence electrons. The van der Waals surface area contributed by atoms with Gasteiger partial charge in [0.1, 0.15) is 12.4 Å². The highest BCUT2D eigenvalue weighted by molar-refractivity contribution is 5.87. The van der Waals surface area contributed by atoms with Gasteiger partial charge in [0.2, 0.25) is 0 Å². The van der Waals surface area contributed by atoms with Crippen molar-refractivity contribution in [1.82, 2.24) is 9.97 Å². The molecule has 0 saturated heterocycles. The second-order valence-corrected chi connectivity index (χ2v) is 4.38. The highest BCUT2D eigenvalue weighted by Gasteiger charge is 2.08. The molecule has 4 heteroatoms. The van der Waals surface area contributed by atoms with Crippen LogP contribution >= 0.6 is 0 Å². The van der Waals surface area contributed by atoms with Crippen molar-refractivity contribution >= 4 is 10.8 Å². The molecule has 0 unspecified atom stereocenters. The van der Waals surface area contributed by atoms with Crippen LogP contribution in [0.4, 0.5) is 0 Å². The number of ether oxygens (including phenoxy) is 1. The van der Waals surface area contributed by atoms with Gasteiger partial charge in [0.15, 0.2) is 5.82 Å². The van der Waals surface area contributed by atoms with Gasteiger partial charge in [-0.15, -0.1) is 0 Å². The van der Waals surface area contributed by atoms with Crippen molar-refractivity contribution in [2.24, 2.45) is 0 Å². The minimum atomic E-state index is -0.0632. The summed E-state index contributed by atoms with van der Waals surface area (Å²) in [6.45, 7) is 0.221. The van der Waals surface area contributed by atoms with E-state index in [0.717, 1.165) is 16.3 Å². The van der Waals surface area contributed by atoms with E-state index in [2.05, 4.69) is 9.97 Å². The molecular weight excluding hydrogens is 252 g/mol. The molecule has 0 amide bonds. The van der Waals surface area contributed by atoms with Crippen molar-refractivity contribution < 1.29 is 9.84 Å². The van der Waals surface area contributed by atoms with Crippen molar-refractivity contribution in [2.45, 2.75) is 13.2 Å². The number of aliphatic hydroxyl groups is 1. The summed E-state index contributed by atoms with van der Waals surface area (Å²) < 4.78 is 5.74. The summed E-state index contributed by atoms with van der Waals surface area (Å²) in [5.41, 5.74) is 0.791. The van der Waals surface area contributed by atoms with Crippen LogP contribution in [-0.4, -0.2) is 15.1 Å². The zero-order chi connectivity index (χ0) is 13.8. The quantitative estimate of drug-likeness (QED) is 0.788. The zero-order valence-electron chi connectivity index (χ0n) is 10.9. The van der Waals surface area contributed by atoms with Gasteiger partial charge in [0.05, 0.1) is 6.61 Å². The van der Waals surface area contributed by atoms with Crippen molar-refractivity contribution in [2.75, 3.05) is 0 Å². The number of nitrogens with zero attached hydrogens (tertiary/aromatic N) is 2. The SMILES string of the molecule is OCc1c(OCc2ncccn2)ccc2ccccc12. The van der Waals surface area contributed by atoms with Gasteiger partial charge in [-0.25, -0.2) is 9.97 Å². The second-order valence-electron chi connectivity index (χ2n) is 4.38. The van der Waals surface area contributed by atoms with Crippen LogP contribution < -0.4 is 4.74 Å². The highest BCUT2D eigenvalue weighted by Crippen LogP contribution is 2.28. The number of rotatable bonds is 4. The molecule has 0 bridgehead atoms. The van der Waals surface area contributed by atoms with Crippen molar-refractivity contribution in [3.05, 3.63) is 66.2 Å². The molecule has 0 fully saturated rings. The lowest BCUT2D eigenvalue weighted by molar-refractivity contribution is 0.257. The highest BCUT2D eigenvalue weighted by atomic mass is 16.5. The van der Waals surface area contributed by atoms with Crippen molar-refractivity contribution in [3.8, 4) is 5.75 Å². The van der Waals surface area contributed by atoms with Gasteiger partial charge >= 0.3 is 0 Å². The fraction of sp³-hybridized carbons (Fsp3) is 0.125. The van der Waals surface area contributed by atoms with E-state index < -0.39 is 0 Å². The minimum absolute atomic E-state index is 0.0632. The zero-order valence-corrected chi connectivity index (χ0v) is 10.9. The molecule has 0 saturated carbocycles. The molecule has 20 heavy (non-hydrogen) atoms. The molecule has 4 nitrogen and oxygen atoms in total. The summed E-state index contributed by atoms with van der Waals surface area (Å²) in [5.74, 6) is 1.28. The summed E-state index contributed by atoms with van der Waals surface area (Å²) in [6.07, 6.45) is 3.36. The Morgan fingerprint density at radius 1 is 0.950 bits per heavy atom. The van der Waals surface area contributed by atoms with E-state index >= 15 is 0 Å². The molecule has 0 radical (unpaired) electrons. The molecule has 2 aromatic carbocycles. The predicted octanol–water partition coefficient (Wildman–Crippen LogP) is 2.70. The number of aromatic nitrogens is 2. The predicted molar refractivity (Wildman–Crippen MR) is 76.2 cm³/mol. The lowest BCUT2D eigenvalue weighted by atomic mass is 10.0. The van der Waals surface area contributed by atoms with E-state index in [1.807, 2.05) is 36.4 Å². The standard InChI is InChI=1S/C16H14N2O2/c19-10-14-13-5-2-1-4-12(13)6-7-15(14)20-11-16-17-8-3-9-18-16/h1-9,19H,10-11H2. The Kier molecular flexibility index (Phi) is 3.56. The molecule has 1 aromatic heterocycles. The molecule has 0 aliphatic rings. The van der Waals surface area contributed by atoms with Gasteiger partial charge in [-0.2, -0.15) is 0 Å². The maximum absolute atomic E-state index is 9.60. The van der Waals surface area contributed by atoms with Crippen molar-refractivity contribution in [3.63, 3.8) is 0 Å². The van der Waals surface area contributed by atoms with Gasteiger partial charge in [0.25, 0.3) is 0 Å². The largest absolute Gasteiger partial charge is 0.485 e. The Balaban J connectivity index is 1.91. The summed E-state index contributed by atoms with van der Waals surface area (Å²) in [6, 6.07) is 13.5. The number of aliphatic hydroxyl groups excluding tert-OH is 1. The Labute approximate surface area is 116 Å². The number of benzene rings is 2. The molecule has 3 aromatic rings. The Hall–Kier alpha value is -2.46. The monoisotopic (exact) mass is 266 g/mol. The van der Waals surface area contributed by atoms with E-state index in [1.54, 1.807) is 18.5 Å². The number of hydrogen-bond donors (Lipinski definition) is 1. The number of fused-ring (bicyclic) bond motifs is 1. The summed E-state index contributed by atoms with van der Waals surface area (Å²) in [5, 5.41) is 11.7. The first kappa shape index (κ1) is 12.6. The van der Waals surface area contributed by atoms with Crippen LogP contribution in [0.25, 0.3) is 10.8 Å². The van der Waals surface area contributed by atoms with E-state index in [1.165, 1.54) is 0 Å². The van der Waals surface area contributed by atoms with Crippen LogP contribution in [-0.2, 0) is 13.2 Å². The third-order valence-corrected chi connectivity index (χ3v) is 3.13. The molecule has 3 rings (SSSR count). The molecule has 0 atom stereocenters. The molecule has 1 heterocycles. The summed E-state index contributed by atoms with van der Waals surface area (Å²) in [7, 11) is 0. The lowest BCUT2D eigenvalue weighted by Gasteiger charge is -2.12. The third kappa shape index (κ3) is 2.46. The van der Waals surface area contributed by atoms with E-state index in [-0.39, 0.29) is 13.2 Å². The average molecular weight is 266 g/mol. The fourth-order valence-corrected chi connectivity index (χ4v) is 2.16. The molecule has 0 aliphatic heterocycles. The molecule has 0 spiro atoms. The lowest BCUT2D eigenvalue weighted by Crippen LogP contribution is -2.02. The first-order valence-corrected chi connectivity index (χ1v) is 6.38. The summed E-state index contributed by atoms with van der Waals surface area (Å²) in [4.78, 5) is 8.23. The van der Waals surface area contributed by atoms with Crippen LogP contribution in [0.5, 0.6) is 5.75 Å². The van der Waals surface area contributed by atoms with Crippen molar-refractivity contribution in [1.29, 1.82) is 0 Å². The van der Waals surface area contributed by atoms with Crippen LogP contribution in [0.1, 0.15) is 11.4 Å². The molecular formula is C16H14N2O2. The number of hydrogen-bond acceptors (Lipinski definition) is 4. The Bertz CT molecular complexity index is 714. The topological polar surface area (TPSA) is 55.2 Å². The van der Waals surface area contributed by atoms with Gasteiger partial charge in [0, 0.05) is 18.0 Å². The van der Waals surface area contributed by atoms with E-state index in [0.29, 0.717) is 11.6 Å². The van der Waals surface area contributed by atoms with Gasteiger partial charge in [-0.3, -0.25) is 0 Å².